The number of ether oxygens (including phenoxy) is 2. The monoisotopic (exact) mass is 290 g/mol. The van der Waals surface area contributed by atoms with Crippen LogP contribution in [0, 0.1) is 0 Å². The van der Waals surface area contributed by atoms with Gasteiger partial charge in [-0.2, -0.15) is 0 Å². The molecule has 6 nitrogen and oxygen atoms in total. The van der Waals surface area contributed by atoms with Crippen molar-refractivity contribution in [3.8, 4) is 11.5 Å². The number of aromatic nitrogens is 2. The molecule has 1 aliphatic rings. The highest BCUT2D eigenvalue weighted by Gasteiger charge is 2.11. The lowest BCUT2D eigenvalue weighted by atomic mass is 10.3. The van der Waals surface area contributed by atoms with Gasteiger partial charge in [0.15, 0.2) is 17.3 Å². The molecule has 3 N–H and O–H groups in total. The van der Waals surface area contributed by atoms with Crippen LogP contribution < -0.4 is 20.7 Å². The minimum atomic E-state index is 0.532. The summed E-state index contributed by atoms with van der Waals surface area (Å²) in [5.41, 5.74) is 2.48. The van der Waals surface area contributed by atoms with Crippen molar-refractivity contribution in [2.75, 3.05) is 18.6 Å². The van der Waals surface area contributed by atoms with Crippen LogP contribution in [0.4, 0.5) is 5.82 Å². The van der Waals surface area contributed by atoms with E-state index in [1.165, 1.54) is 11.8 Å². The van der Waals surface area contributed by atoms with E-state index in [0.717, 1.165) is 27.8 Å². The Morgan fingerprint density at radius 3 is 2.85 bits per heavy atom. The normalized spacial score (nSPS) is 13.7. The maximum absolute atomic E-state index is 5.66. The molecule has 0 fully saturated rings. The van der Waals surface area contributed by atoms with Crippen LogP contribution in [0.25, 0.3) is 0 Å². The first-order chi connectivity index (χ1) is 9.85. The summed E-state index contributed by atoms with van der Waals surface area (Å²) >= 11 is 1.49. The second-order valence-electron chi connectivity index (χ2n) is 4.15. The quantitative estimate of drug-likeness (QED) is 0.661. The van der Waals surface area contributed by atoms with Gasteiger partial charge in [0.25, 0.3) is 0 Å². The lowest BCUT2D eigenvalue weighted by molar-refractivity contribution is 0.297. The second kappa shape index (κ2) is 5.98. The third kappa shape index (κ3) is 2.94. The molecule has 2 aromatic rings. The van der Waals surface area contributed by atoms with Gasteiger partial charge in [0.05, 0.1) is 25.6 Å². The lowest BCUT2D eigenvalue weighted by Gasteiger charge is -2.09. The minimum Gasteiger partial charge on any atom is -0.490 e. The first kappa shape index (κ1) is 13.0. The summed E-state index contributed by atoms with van der Waals surface area (Å²) in [5.74, 6) is 7.41. The summed E-state index contributed by atoms with van der Waals surface area (Å²) in [6.45, 7) is 1.36. The fraction of sp³-hybridized carbons (Fsp3) is 0.231. The van der Waals surface area contributed by atoms with Crippen LogP contribution in [0.1, 0.15) is 6.42 Å². The Bertz CT molecular complexity index is 609. The molecule has 0 radical (unpaired) electrons. The van der Waals surface area contributed by atoms with Crippen molar-refractivity contribution in [3.05, 3.63) is 30.6 Å². The molecule has 0 amide bonds. The molecular formula is C13H14N4O2S. The molecule has 1 aromatic carbocycles. The highest BCUT2D eigenvalue weighted by atomic mass is 32.2. The van der Waals surface area contributed by atoms with Gasteiger partial charge in [-0.3, -0.25) is 4.98 Å². The molecule has 0 bridgehead atoms. The van der Waals surface area contributed by atoms with Gasteiger partial charge < -0.3 is 14.9 Å². The Morgan fingerprint density at radius 1 is 1.15 bits per heavy atom. The fourth-order valence-corrected chi connectivity index (χ4v) is 2.60. The average molecular weight is 290 g/mol. The van der Waals surface area contributed by atoms with Gasteiger partial charge in [0.2, 0.25) is 0 Å². The minimum absolute atomic E-state index is 0.532. The molecule has 0 atom stereocenters. The number of nitrogens with zero attached hydrogens (tertiary/aromatic N) is 2. The molecule has 7 heteroatoms. The number of nitrogen functional groups attached to an aromatic ring is 1. The van der Waals surface area contributed by atoms with E-state index < -0.39 is 0 Å². The van der Waals surface area contributed by atoms with Crippen LogP contribution in [-0.2, 0) is 0 Å². The number of benzene rings is 1. The van der Waals surface area contributed by atoms with E-state index in [-0.39, 0.29) is 0 Å². The molecule has 104 valence electrons. The van der Waals surface area contributed by atoms with Crippen LogP contribution in [0.5, 0.6) is 11.5 Å². The first-order valence-electron chi connectivity index (χ1n) is 6.21. The molecule has 0 saturated carbocycles. The zero-order valence-electron chi connectivity index (χ0n) is 10.7. The highest BCUT2D eigenvalue weighted by Crippen LogP contribution is 2.35. The number of fused-ring (bicyclic) bond motifs is 1. The zero-order valence-corrected chi connectivity index (χ0v) is 11.5. The third-order valence-electron chi connectivity index (χ3n) is 2.70. The molecule has 3 rings (SSSR count). The van der Waals surface area contributed by atoms with Crippen molar-refractivity contribution in [2.45, 2.75) is 16.3 Å². The van der Waals surface area contributed by atoms with Gasteiger partial charge >= 0.3 is 0 Å². The summed E-state index contributed by atoms with van der Waals surface area (Å²) in [4.78, 5) is 9.39. The van der Waals surface area contributed by atoms with Crippen molar-refractivity contribution >= 4 is 17.6 Å². The average Bonchev–Trinajstić information content (AvgIpc) is 2.72. The topological polar surface area (TPSA) is 82.3 Å². The summed E-state index contributed by atoms with van der Waals surface area (Å²) < 4.78 is 11.3. The molecule has 0 unspecified atom stereocenters. The smallest absolute Gasteiger partial charge is 0.162 e. The molecule has 1 aliphatic heterocycles. The van der Waals surface area contributed by atoms with E-state index in [0.29, 0.717) is 19.0 Å². The summed E-state index contributed by atoms with van der Waals surface area (Å²) in [6.07, 6.45) is 4.15. The number of nitrogens with two attached hydrogens (primary N) is 1. The molecule has 0 spiro atoms. The fourth-order valence-electron chi connectivity index (χ4n) is 1.79. The molecule has 0 aliphatic carbocycles. The Balaban J connectivity index is 1.82. The molecule has 1 aromatic heterocycles. The third-order valence-corrected chi connectivity index (χ3v) is 3.60. The number of hydrogen-bond acceptors (Lipinski definition) is 7. The molecular weight excluding hydrogens is 276 g/mol. The van der Waals surface area contributed by atoms with Gasteiger partial charge in [-0.1, -0.05) is 11.8 Å². The Hall–Kier alpha value is -1.99. The van der Waals surface area contributed by atoms with Crippen molar-refractivity contribution in [1.82, 2.24) is 9.97 Å². The Morgan fingerprint density at radius 2 is 2.00 bits per heavy atom. The van der Waals surface area contributed by atoms with E-state index in [1.807, 2.05) is 18.2 Å². The van der Waals surface area contributed by atoms with Gasteiger partial charge in [0.1, 0.15) is 5.03 Å². The molecule has 2 heterocycles. The van der Waals surface area contributed by atoms with Crippen LogP contribution in [-0.4, -0.2) is 23.2 Å². The predicted molar refractivity (Wildman–Crippen MR) is 76.0 cm³/mol. The zero-order chi connectivity index (χ0) is 13.8. The highest BCUT2D eigenvalue weighted by molar-refractivity contribution is 7.99. The van der Waals surface area contributed by atoms with E-state index in [2.05, 4.69) is 15.4 Å². The largest absolute Gasteiger partial charge is 0.490 e. The lowest BCUT2D eigenvalue weighted by Crippen LogP contribution is -2.08. The van der Waals surface area contributed by atoms with E-state index >= 15 is 0 Å². The predicted octanol–water partition coefficient (Wildman–Crippen LogP) is 2.07. The summed E-state index contributed by atoms with van der Waals surface area (Å²) in [6, 6.07) is 5.85. The van der Waals surface area contributed by atoms with Gasteiger partial charge in [-0.25, -0.2) is 10.8 Å². The Kier molecular flexibility index (Phi) is 3.89. The van der Waals surface area contributed by atoms with Crippen LogP contribution in [0.2, 0.25) is 0 Å². The van der Waals surface area contributed by atoms with E-state index in [9.17, 15) is 0 Å². The number of hydrazine groups is 1. The van der Waals surface area contributed by atoms with E-state index in [1.54, 1.807) is 12.4 Å². The van der Waals surface area contributed by atoms with E-state index in [4.69, 9.17) is 15.3 Å². The SMILES string of the molecule is NNc1cncc(Sc2ccc3c(c2)OCCCO3)n1. The number of rotatable bonds is 3. The summed E-state index contributed by atoms with van der Waals surface area (Å²) in [7, 11) is 0. The van der Waals surface area contributed by atoms with Crippen LogP contribution in [0.15, 0.2) is 40.5 Å². The van der Waals surface area contributed by atoms with Gasteiger partial charge in [-0.05, 0) is 18.2 Å². The van der Waals surface area contributed by atoms with Gasteiger partial charge in [0, 0.05) is 11.3 Å². The van der Waals surface area contributed by atoms with Gasteiger partial charge in [-0.15, -0.1) is 0 Å². The number of hydrogen-bond donors (Lipinski definition) is 2. The van der Waals surface area contributed by atoms with Crippen molar-refractivity contribution in [1.29, 1.82) is 0 Å². The van der Waals surface area contributed by atoms with Crippen LogP contribution >= 0.6 is 11.8 Å². The second-order valence-corrected chi connectivity index (χ2v) is 5.24. The number of nitrogens with one attached hydrogen (secondary N) is 1. The number of anilines is 1. The standard InChI is InChI=1S/C13H14N4O2S/c14-17-12-7-15-8-13(16-12)20-9-2-3-10-11(6-9)19-5-1-4-18-10/h2-3,6-8H,1,4-5,14H2,(H,16,17). The van der Waals surface area contributed by atoms with Crippen molar-refractivity contribution in [3.63, 3.8) is 0 Å². The molecule has 0 saturated heterocycles. The maximum Gasteiger partial charge on any atom is 0.162 e. The summed E-state index contributed by atoms with van der Waals surface area (Å²) in [5, 5.41) is 0.759. The first-order valence-corrected chi connectivity index (χ1v) is 7.03. The van der Waals surface area contributed by atoms with Crippen molar-refractivity contribution in [2.24, 2.45) is 5.84 Å². The maximum atomic E-state index is 5.66. The van der Waals surface area contributed by atoms with Crippen molar-refractivity contribution < 1.29 is 9.47 Å². The molecule has 20 heavy (non-hydrogen) atoms. The van der Waals surface area contributed by atoms with Crippen LogP contribution in [0.3, 0.4) is 0 Å². The Labute approximate surface area is 120 Å².